The lowest BCUT2D eigenvalue weighted by Gasteiger charge is -2.18. The third-order valence-corrected chi connectivity index (χ3v) is 2.48. The Bertz CT molecular complexity index is 406. The van der Waals surface area contributed by atoms with Crippen LogP contribution in [0, 0.1) is 0 Å². The van der Waals surface area contributed by atoms with Gasteiger partial charge in [-0.3, -0.25) is 9.59 Å². The first-order valence-electron chi connectivity index (χ1n) is 5.59. The zero-order valence-corrected chi connectivity index (χ0v) is 10.6. The first-order chi connectivity index (χ1) is 8.00. The second-order valence-corrected chi connectivity index (χ2v) is 4.33. The van der Waals surface area contributed by atoms with E-state index in [4.69, 9.17) is 0 Å². The van der Waals surface area contributed by atoms with Gasteiger partial charge in [0, 0.05) is 25.9 Å². The fourth-order valence-corrected chi connectivity index (χ4v) is 1.49. The number of aromatic amines is 1. The van der Waals surface area contributed by atoms with Crippen LogP contribution < -0.4 is 5.56 Å². The maximum absolute atomic E-state index is 11.9. The molecule has 17 heavy (non-hydrogen) atoms. The molecule has 0 aliphatic rings. The molecule has 0 saturated carbocycles. The summed E-state index contributed by atoms with van der Waals surface area (Å²) in [7, 11) is 5.77. The smallest absolute Gasteiger partial charge is 0.255 e. The Morgan fingerprint density at radius 1 is 1.24 bits per heavy atom. The quantitative estimate of drug-likeness (QED) is 0.806. The molecule has 1 amide bonds. The lowest BCUT2D eigenvalue weighted by Crippen LogP contribution is -2.30. The highest BCUT2D eigenvalue weighted by atomic mass is 16.2. The molecule has 0 aliphatic heterocycles. The van der Waals surface area contributed by atoms with Crippen molar-refractivity contribution in [1.29, 1.82) is 0 Å². The number of hydrogen-bond acceptors (Lipinski definition) is 3. The van der Waals surface area contributed by atoms with E-state index < -0.39 is 0 Å². The maximum Gasteiger partial charge on any atom is 0.255 e. The Morgan fingerprint density at radius 3 is 2.47 bits per heavy atom. The van der Waals surface area contributed by atoms with Gasteiger partial charge in [0.05, 0.1) is 5.56 Å². The monoisotopic (exact) mass is 237 g/mol. The van der Waals surface area contributed by atoms with Crippen molar-refractivity contribution in [2.24, 2.45) is 0 Å². The van der Waals surface area contributed by atoms with Gasteiger partial charge in [-0.15, -0.1) is 0 Å². The SMILES string of the molecule is CN(C)CCCN(C)C(=O)c1ccc(=O)[nH]c1. The molecule has 0 unspecified atom stereocenters. The van der Waals surface area contributed by atoms with Crippen molar-refractivity contribution in [3.63, 3.8) is 0 Å². The number of rotatable bonds is 5. The number of carbonyl (C=O) groups excluding carboxylic acids is 1. The Hall–Kier alpha value is -1.62. The molecule has 0 fully saturated rings. The standard InChI is InChI=1S/C12H19N3O2/c1-14(2)7-4-8-15(3)12(17)10-5-6-11(16)13-9-10/h5-6,9H,4,7-8H2,1-3H3,(H,13,16). The predicted octanol–water partition coefficient (Wildman–Crippen LogP) is 0.399. The molecule has 94 valence electrons. The summed E-state index contributed by atoms with van der Waals surface area (Å²) in [6.45, 7) is 1.65. The molecule has 0 radical (unpaired) electrons. The van der Waals surface area contributed by atoms with Crippen molar-refractivity contribution in [1.82, 2.24) is 14.8 Å². The fraction of sp³-hybridized carbons (Fsp3) is 0.500. The van der Waals surface area contributed by atoms with E-state index in [-0.39, 0.29) is 11.5 Å². The van der Waals surface area contributed by atoms with Gasteiger partial charge in [0.1, 0.15) is 0 Å². The number of nitrogens with zero attached hydrogens (tertiary/aromatic N) is 2. The first-order valence-corrected chi connectivity index (χ1v) is 5.59. The molecule has 0 atom stereocenters. The summed E-state index contributed by atoms with van der Waals surface area (Å²) in [6, 6.07) is 2.91. The summed E-state index contributed by atoms with van der Waals surface area (Å²) in [5, 5.41) is 0. The molecule has 1 aromatic rings. The summed E-state index contributed by atoms with van der Waals surface area (Å²) in [6.07, 6.45) is 2.38. The summed E-state index contributed by atoms with van der Waals surface area (Å²) < 4.78 is 0. The van der Waals surface area contributed by atoms with Gasteiger partial charge in [-0.2, -0.15) is 0 Å². The Balaban J connectivity index is 2.52. The molecule has 1 rings (SSSR count). The van der Waals surface area contributed by atoms with E-state index in [0.717, 1.165) is 13.0 Å². The highest BCUT2D eigenvalue weighted by molar-refractivity contribution is 5.93. The Morgan fingerprint density at radius 2 is 1.94 bits per heavy atom. The molecule has 0 aliphatic carbocycles. The van der Waals surface area contributed by atoms with Crippen molar-refractivity contribution in [2.75, 3.05) is 34.2 Å². The van der Waals surface area contributed by atoms with Gasteiger partial charge < -0.3 is 14.8 Å². The van der Waals surface area contributed by atoms with Gasteiger partial charge in [0.15, 0.2) is 0 Å². The number of nitrogens with one attached hydrogen (secondary N) is 1. The number of hydrogen-bond donors (Lipinski definition) is 1. The van der Waals surface area contributed by atoms with E-state index in [1.807, 2.05) is 14.1 Å². The third-order valence-electron chi connectivity index (χ3n) is 2.48. The van der Waals surface area contributed by atoms with Crippen molar-refractivity contribution < 1.29 is 4.79 Å². The van der Waals surface area contributed by atoms with Crippen LogP contribution in [-0.2, 0) is 0 Å². The summed E-state index contributed by atoms with van der Waals surface area (Å²) in [5.74, 6) is -0.0694. The Kier molecular flexibility index (Phi) is 4.90. The highest BCUT2D eigenvalue weighted by Gasteiger charge is 2.10. The molecule has 0 saturated heterocycles. The van der Waals surface area contributed by atoms with E-state index in [0.29, 0.717) is 12.1 Å². The van der Waals surface area contributed by atoms with Crippen molar-refractivity contribution >= 4 is 5.91 Å². The van der Waals surface area contributed by atoms with E-state index in [2.05, 4.69) is 9.88 Å². The second kappa shape index (κ2) is 6.20. The van der Waals surface area contributed by atoms with Gasteiger partial charge in [0.25, 0.3) is 5.91 Å². The van der Waals surface area contributed by atoms with Gasteiger partial charge >= 0.3 is 0 Å². The van der Waals surface area contributed by atoms with Crippen molar-refractivity contribution in [2.45, 2.75) is 6.42 Å². The molecule has 1 heterocycles. The average Bonchev–Trinajstić information content (AvgIpc) is 2.28. The minimum atomic E-state index is -0.197. The normalized spacial score (nSPS) is 10.6. The average molecular weight is 237 g/mol. The van der Waals surface area contributed by atoms with E-state index in [1.165, 1.54) is 12.3 Å². The summed E-state index contributed by atoms with van der Waals surface area (Å²) in [4.78, 5) is 29.0. The molecule has 1 N–H and O–H groups in total. The molecule has 0 aromatic carbocycles. The largest absolute Gasteiger partial charge is 0.342 e. The predicted molar refractivity (Wildman–Crippen MR) is 67.2 cm³/mol. The third kappa shape index (κ3) is 4.40. The molecular weight excluding hydrogens is 218 g/mol. The number of amides is 1. The number of pyridine rings is 1. The second-order valence-electron chi connectivity index (χ2n) is 4.33. The van der Waals surface area contributed by atoms with E-state index in [1.54, 1.807) is 18.0 Å². The van der Waals surface area contributed by atoms with Gasteiger partial charge in [-0.25, -0.2) is 0 Å². The number of H-pyrrole nitrogens is 1. The maximum atomic E-state index is 11.9. The van der Waals surface area contributed by atoms with Gasteiger partial charge in [-0.05, 0) is 33.1 Å². The van der Waals surface area contributed by atoms with Gasteiger partial charge in [-0.1, -0.05) is 0 Å². The lowest BCUT2D eigenvalue weighted by molar-refractivity contribution is 0.0790. The topological polar surface area (TPSA) is 56.4 Å². The van der Waals surface area contributed by atoms with Crippen LogP contribution in [0.4, 0.5) is 0 Å². The highest BCUT2D eigenvalue weighted by Crippen LogP contribution is 2.00. The molecule has 0 bridgehead atoms. The van der Waals surface area contributed by atoms with Crippen LogP contribution in [0.5, 0.6) is 0 Å². The zero-order valence-electron chi connectivity index (χ0n) is 10.6. The minimum Gasteiger partial charge on any atom is -0.342 e. The van der Waals surface area contributed by atoms with Crippen LogP contribution in [0.2, 0.25) is 0 Å². The van der Waals surface area contributed by atoms with Crippen molar-refractivity contribution in [3.05, 3.63) is 34.2 Å². The van der Waals surface area contributed by atoms with Crippen LogP contribution in [-0.4, -0.2) is 54.9 Å². The fourth-order valence-electron chi connectivity index (χ4n) is 1.49. The van der Waals surface area contributed by atoms with E-state index >= 15 is 0 Å². The molecule has 5 nitrogen and oxygen atoms in total. The van der Waals surface area contributed by atoms with Crippen LogP contribution in [0.3, 0.4) is 0 Å². The first kappa shape index (κ1) is 13.4. The molecular formula is C12H19N3O2. The van der Waals surface area contributed by atoms with Gasteiger partial charge in [0.2, 0.25) is 5.56 Å². The summed E-state index contributed by atoms with van der Waals surface area (Å²) >= 11 is 0. The van der Waals surface area contributed by atoms with Crippen LogP contribution in [0.25, 0.3) is 0 Å². The minimum absolute atomic E-state index is 0.0694. The molecule has 1 aromatic heterocycles. The number of carbonyl (C=O) groups is 1. The van der Waals surface area contributed by atoms with Crippen LogP contribution in [0.1, 0.15) is 16.8 Å². The van der Waals surface area contributed by atoms with Crippen LogP contribution in [0.15, 0.2) is 23.1 Å². The number of aromatic nitrogens is 1. The van der Waals surface area contributed by atoms with E-state index in [9.17, 15) is 9.59 Å². The lowest BCUT2D eigenvalue weighted by atomic mass is 10.2. The Labute approximate surface area is 101 Å². The van der Waals surface area contributed by atoms with Crippen molar-refractivity contribution in [3.8, 4) is 0 Å². The summed E-state index contributed by atoms with van der Waals surface area (Å²) in [5.41, 5.74) is 0.314. The van der Waals surface area contributed by atoms with Crippen LogP contribution >= 0.6 is 0 Å². The molecule has 0 spiro atoms. The zero-order chi connectivity index (χ0) is 12.8. The molecule has 5 heteroatoms.